The van der Waals surface area contributed by atoms with E-state index in [1.807, 2.05) is 6.92 Å². The van der Waals surface area contributed by atoms with E-state index in [-0.39, 0.29) is 6.04 Å². The second-order valence-electron chi connectivity index (χ2n) is 3.15. The summed E-state index contributed by atoms with van der Waals surface area (Å²) >= 11 is 0. The molecule has 1 nitrogen and oxygen atoms in total. The number of rotatable bonds is 4. The zero-order chi connectivity index (χ0) is 10.5. The maximum Gasteiger partial charge on any atom is 0.412 e. The van der Waals surface area contributed by atoms with Crippen LogP contribution in [0.4, 0.5) is 13.2 Å². The zero-order valence-corrected chi connectivity index (χ0v) is 8.20. The molecular weight excluding hydrogens is 179 g/mol. The Morgan fingerprint density at radius 1 is 1.46 bits per heavy atom. The van der Waals surface area contributed by atoms with E-state index in [1.165, 1.54) is 6.08 Å². The van der Waals surface area contributed by atoms with E-state index < -0.39 is 11.7 Å². The second-order valence-corrected chi connectivity index (χ2v) is 3.15. The van der Waals surface area contributed by atoms with Crippen LogP contribution in [-0.4, -0.2) is 19.3 Å². The van der Waals surface area contributed by atoms with E-state index >= 15 is 0 Å². The minimum Gasteiger partial charge on any atom is -0.317 e. The number of allylic oxidation sites excluding steroid dienone is 2. The van der Waals surface area contributed by atoms with Crippen molar-refractivity contribution in [3.63, 3.8) is 0 Å². The Kier molecular flexibility index (Phi) is 5.06. The van der Waals surface area contributed by atoms with E-state index in [9.17, 15) is 13.2 Å². The predicted molar refractivity (Wildman–Crippen MR) is 47.6 cm³/mol. The van der Waals surface area contributed by atoms with E-state index in [0.29, 0.717) is 6.42 Å². The van der Waals surface area contributed by atoms with Crippen LogP contribution in [0.25, 0.3) is 0 Å². The van der Waals surface area contributed by atoms with Gasteiger partial charge in [0.15, 0.2) is 0 Å². The number of nitrogens with one attached hydrogen (secondary N) is 1. The third-order valence-corrected chi connectivity index (χ3v) is 1.99. The highest BCUT2D eigenvalue weighted by Crippen LogP contribution is 2.25. The Hall–Kier alpha value is -0.510. The van der Waals surface area contributed by atoms with Crippen LogP contribution in [0.1, 0.15) is 26.7 Å². The molecule has 1 atom stereocenters. The summed E-state index contributed by atoms with van der Waals surface area (Å²) < 4.78 is 35.9. The van der Waals surface area contributed by atoms with Gasteiger partial charge in [0.1, 0.15) is 0 Å². The first-order valence-corrected chi connectivity index (χ1v) is 4.29. The highest BCUT2D eigenvalue weighted by atomic mass is 19.4. The van der Waals surface area contributed by atoms with Gasteiger partial charge in [-0.25, -0.2) is 0 Å². The van der Waals surface area contributed by atoms with Gasteiger partial charge in [0, 0.05) is 11.6 Å². The minimum absolute atomic E-state index is 0.261. The molecule has 0 aromatic carbocycles. The molecular formula is C9H16F3N. The molecule has 0 radical (unpaired) electrons. The Balaban J connectivity index is 3.85. The molecule has 1 unspecified atom stereocenters. The summed E-state index contributed by atoms with van der Waals surface area (Å²) in [4.78, 5) is 0. The van der Waals surface area contributed by atoms with Crippen molar-refractivity contribution < 1.29 is 13.2 Å². The number of alkyl halides is 3. The molecule has 13 heavy (non-hydrogen) atoms. The van der Waals surface area contributed by atoms with Gasteiger partial charge in [-0.15, -0.1) is 0 Å². The molecule has 0 aliphatic rings. The molecule has 0 amide bonds. The van der Waals surface area contributed by atoms with Crippen molar-refractivity contribution in [3.8, 4) is 0 Å². The first-order valence-electron chi connectivity index (χ1n) is 4.29. The van der Waals surface area contributed by atoms with Gasteiger partial charge < -0.3 is 5.32 Å². The van der Waals surface area contributed by atoms with Gasteiger partial charge in [0.2, 0.25) is 0 Å². The summed E-state index contributed by atoms with van der Waals surface area (Å²) in [6.07, 6.45) is -1.73. The first kappa shape index (κ1) is 12.5. The number of hydrogen-bond acceptors (Lipinski definition) is 1. The van der Waals surface area contributed by atoms with Crippen LogP contribution in [0.15, 0.2) is 11.6 Å². The van der Waals surface area contributed by atoms with Crippen molar-refractivity contribution in [2.24, 2.45) is 0 Å². The zero-order valence-electron chi connectivity index (χ0n) is 8.20. The van der Waals surface area contributed by atoms with Crippen molar-refractivity contribution in [3.05, 3.63) is 11.6 Å². The Bertz CT molecular complexity index is 172. The maximum absolute atomic E-state index is 12.0. The van der Waals surface area contributed by atoms with E-state index in [4.69, 9.17) is 0 Å². The SMILES string of the molecule is CNC(C)CC/C=C(\C)C(F)(F)F. The van der Waals surface area contributed by atoms with Crippen LogP contribution in [0, 0.1) is 0 Å². The number of hydrogen-bond donors (Lipinski definition) is 1. The molecule has 0 aliphatic heterocycles. The van der Waals surface area contributed by atoms with Gasteiger partial charge >= 0.3 is 6.18 Å². The number of halogens is 3. The summed E-state index contributed by atoms with van der Waals surface area (Å²) in [5.41, 5.74) is -0.504. The van der Waals surface area contributed by atoms with Crippen molar-refractivity contribution in [1.29, 1.82) is 0 Å². The van der Waals surface area contributed by atoms with Crippen LogP contribution in [0.3, 0.4) is 0 Å². The van der Waals surface area contributed by atoms with Crippen LogP contribution in [-0.2, 0) is 0 Å². The molecule has 0 aromatic rings. The summed E-state index contributed by atoms with van der Waals surface area (Å²) in [6, 6.07) is 0.261. The predicted octanol–water partition coefficient (Wildman–Crippen LogP) is 2.88. The molecule has 0 bridgehead atoms. The molecule has 0 heterocycles. The normalized spacial score (nSPS) is 16.0. The van der Waals surface area contributed by atoms with Gasteiger partial charge in [0.25, 0.3) is 0 Å². The van der Waals surface area contributed by atoms with Crippen LogP contribution < -0.4 is 5.32 Å². The highest BCUT2D eigenvalue weighted by Gasteiger charge is 2.29. The Morgan fingerprint density at radius 3 is 2.38 bits per heavy atom. The van der Waals surface area contributed by atoms with Gasteiger partial charge in [-0.2, -0.15) is 13.2 Å². The Labute approximate surface area is 77.0 Å². The van der Waals surface area contributed by atoms with Crippen molar-refractivity contribution in [1.82, 2.24) is 5.32 Å². The van der Waals surface area contributed by atoms with E-state index in [0.717, 1.165) is 13.3 Å². The monoisotopic (exact) mass is 195 g/mol. The lowest BCUT2D eigenvalue weighted by atomic mass is 10.1. The molecule has 0 aliphatic carbocycles. The molecule has 0 saturated heterocycles. The second kappa shape index (κ2) is 5.27. The highest BCUT2D eigenvalue weighted by molar-refractivity contribution is 5.04. The van der Waals surface area contributed by atoms with Crippen LogP contribution in [0.2, 0.25) is 0 Å². The molecule has 4 heteroatoms. The van der Waals surface area contributed by atoms with Gasteiger partial charge in [-0.3, -0.25) is 0 Å². The lowest BCUT2D eigenvalue weighted by Crippen LogP contribution is -2.20. The summed E-state index contributed by atoms with van der Waals surface area (Å²) in [7, 11) is 1.80. The topological polar surface area (TPSA) is 12.0 Å². The quantitative estimate of drug-likeness (QED) is 0.680. The molecule has 78 valence electrons. The van der Waals surface area contributed by atoms with Crippen molar-refractivity contribution >= 4 is 0 Å². The third-order valence-electron chi connectivity index (χ3n) is 1.99. The average Bonchev–Trinajstić information content (AvgIpc) is 2.02. The van der Waals surface area contributed by atoms with Crippen molar-refractivity contribution in [2.75, 3.05) is 7.05 Å². The molecule has 0 fully saturated rings. The van der Waals surface area contributed by atoms with Gasteiger partial charge in [-0.1, -0.05) is 6.08 Å². The fourth-order valence-corrected chi connectivity index (χ4v) is 0.810. The molecule has 0 rings (SSSR count). The fourth-order valence-electron chi connectivity index (χ4n) is 0.810. The largest absolute Gasteiger partial charge is 0.412 e. The molecule has 0 spiro atoms. The van der Waals surface area contributed by atoms with Gasteiger partial charge in [-0.05, 0) is 33.7 Å². The van der Waals surface area contributed by atoms with E-state index in [1.54, 1.807) is 7.05 Å². The third kappa shape index (κ3) is 5.69. The fraction of sp³-hybridized carbons (Fsp3) is 0.778. The maximum atomic E-state index is 12.0. The summed E-state index contributed by atoms with van der Waals surface area (Å²) in [6.45, 7) is 3.04. The first-order chi connectivity index (χ1) is 5.88. The lowest BCUT2D eigenvalue weighted by Gasteiger charge is -2.09. The molecule has 0 aromatic heterocycles. The van der Waals surface area contributed by atoms with E-state index in [2.05, 4.69) is 5.32 Å². The van der Waals surface area contributed by atoms with Gasteiger partial charge in [0.05, 0.1) is 0 Å². The standard InChI is InChI=1S/C9H16F3N/c1-7(9(10,11)12)5-4-6-8(2)13-3/h5,8,13H,4,6H2,1-3H3/b7-5+. The molecule has 1 N–H and O–H groups in total. The summed E-state index contributed by atoms with van der Waals surface area (Å²) in [5.74, 6) is 0. The average molecular weight is 195 g/mol. The molecule has 0 saturated carbocycles. The smallest absolute Gasteiger partial charge is 0.317 e. The lowest BCUT2D eigenvalue weighted by molar-refractivity contribution is -0.0915. The van der Waals surface area contributed by atoms with Crippen LogP contribution in [0.5, 0.6) is 0 Å². The summed E-state index contributed by atoms with van der Waals surface area (Å²) in [5, 5.41) is 2.97. The van der Waals surface area contributed by atoms with Crippen molar-refractivity contribution in [2.45, 2.75) is 38.9 Å². The Morgan fingerprint density at radius 2 is 2.00 bits per heavy atom. The minimum atomic E-state index is -4.16. The van der Waals surface area contributed by atoms with Crippen LogP contribution >= 0.6 is 0 Å².